The predicted molar refractivity (Wildman–Crippen MR) is 138 cm³/mol. The van der Waals surface area contributed by atoms with Gasteiger partial charge in [-0.15, -0.1) is 6.42 Å². The lowest BCUT2D eigenvalue weighted by molar-refractivity contribution is -0.434. The number of fused-ring (bicyclic) bond motifs is 1. The summed E-state index contributed by atoms with van der Waals surface area (Å²) in [6, 6.07) is 0. The van der Waals surface area contributed by atoms with Crippen LogP contribution in [0.1, 0.15) is 18.2 Å². The molecule has 0 spiro atoms. The fourth-order valence-corrected chi connectivity index (χ4v) is 2.85. The molecule has 0 unspecified atom stereocenters. The van der Waals surface area contributed by atoms with Crippen molar-refractivity contribution in [2.24, 2.45) is 0 Å². The maximum Gasteiger partial charge on any atom is 0.196 e. The third kappa shape index (κ3) is 20.7. The molecule has 42 heavy (non-hydrogen) atoms. The molecule has 0 bridgehead atoms. The summed E-state index contributed by atoms with van der Waals surface area (Å²) >= 11 is 0. The third-order valence-electron chi connectivity index (χ3n) is 3.70. The molecule has 3 atom stereocenters. The minimum absolute atomic E-state index is 0. The number of aliphatic hydroxyl groups is 1. The molecule has 0 radical (unpaired) electrons. The van der Waals surface area contributed by atoms with Crippen LogP contribution in [-0.2, 0) is 23.0 Å². The van der Waals surface area contributed by atoms with Crippen LogP contribution in [0.15, 0.2) is 12.5 Å². The molecule has 256 valence electrons. The zero-order chi connectivity index (χ0) is 26.5. The Balaban J connectivity index is -0.0000000941. The topological polar surface area (TPSA) is 635 Å². The van der Waals surface area contributed by atoms with Gasteiger partial charge in [-0.05, 0) is 0 Å². The number of phosphoric ester groups is 1. The highest BCUT2D eigenvalue weighted by molar-refractivity contribution is 7.43. The third-order valence-corrected chi connectivity index (χ3v) is 4.14. The molecule has 1 aliphatic heterocycles. The summed E-state index contributed by atoms with van der Waals surface area (Å²) in [5, 5.41) is 14.2. The van der Waals surface area contributed by atoms with Crippen molar-refractivity contribution >= 4 is 34.9 Å². The van der Waals surface area contributed by atoms with Crippen LogP contribution < -0.4 is 94.1 Å². The number of nitrogen functional groups attached to an aromatic ring is 1. The summed E-state index contributed by atoms with van der Waals surface area (Å²) < 4.78 is 39.0. The highest BCUT2D eigenvalue weighted by Gasteiger charge is 2.49. The molecule has 0 aromatic carbocycles. The molecule has 35 N–H and O–H groups in total. The maximum absolute atomic E-state index is 10.7. The fraction of sp³-hybridized carbons (Fsp3) is 0.417. The monoisotopic (exact) mass is 687 g/mol. The van der Waals surface area contributed by atoms with Crippen molar-refractivity contribution < 1.29 is 67.2 Å². The molecular weight excluding hydrogens is 643 g/mol. The largest absolute Gasteiger partial charge is 0.822 e. The van der Waals surface area contributed by atoms with E-state index in [9.17, 15) is 19.5 Å². The minimum Gasteiger partial charge on any atom is -0.822 e. The molecule has 1 saturated heterocycles. The summed E-state index contributed by atoms with van der Waals surface area (Å²) in [6.45, 7) is -0.792. The Hall–Kier alpha value is -2.16. The normalized spacial score (nSPS) is 18.5. The first kappa shape index (κ1) is 59.3. The second-order valence-corrected chi connectivity index (χ2v) is 9.01. The van der Waals surface area contributed by atoms with E-state index in [0.717, 1.165) is 0 Å². The van der Waals surface area contributed by atoms with E-state index < -0.39 is 47.9 Å². The van der Waals surface area contributed by atoms with Gasteiger partial charge in [0.25, 0.3) is 0 Å². The molecule has 3 heterocycles. The number of nitrogens with two attached hydrogens (primary N) is 1. The van der Waals surface area contributed by atoms with E-state index in [2.05, 4.69) is 25.5 Å². The van der Waals surface area contributed by atoms with E-state index in [0.29, 0.717) is 11.3 Å². The van der Waals surface area contributed by atoms with Crippen LogP contribution in [0, 0.1) is 12.3 Å². The van der Waals surface area contributed by atoms with Gasteiger partial charge in [0.15, 0.2) is 17.1 Å². The number of ether oxygens (including phenoxy) is 1. The molecule has 27 nitrogen and oxygen atoms in total. The predicted octanol–water partition coefficient (Wildman–Crippen LogP) is -4.89. The number of aromatic nitrogens is 4. The van der Waals surface area contributed by atoms with Crippen LogP contribution in [0.2, 0.25) is 0 Å². The Bertz CT molecular complexity index is 1150. The number of anilines is 1. The first-order chi connectivity index (χ1) is 15.3. The first-order valence-electron chi connectivity index (χ1n) is 8.16. The molecule has 2 aromatic heterocycles. The molecule has 0 saturated carbocycles. The second-order valence-electron chi connectivity index (χ2n) is 6.07. The summed E-state index contributed by atoms with van der Waals surface area (Å²) in [6.07, 6.45) is 6.01. The lowest BCUT2D eigenvalue weighted by atomic mass is 9.98. The number of phosphoric acid groups is 3. The van der Waals surface area contributed by atoms with Crippen molar-refractivity contribution in [3.05, 3.63) is 18.2 Å². The van der Waals surface area contributed by atoms with Crippen LogP contribution in [0.3, 0.4) is 0 Å². The average Bonchev–Trinajstić information content (AvgIpc) is 3.19. The lowest BCUT2D eigenvalue weighted by Crippen LogP contribution is -2.43. The van der Waals surface area contributed by atoms with Crippen LogP contribution in [0.5, 0.6) is 0 Å². The number of imidazole rings is 1. The van der Waals surface area contributed by atoms with Crippen LogP contribution in [-0.4, -0.2) is 43.0 Å². The molecule has 1 aliphatic rings. The van der Waals surface area contributed by atoms with Gasteiger partial charge in [0.1, 0.15) is 12.4 Å². The first-order valence-corrected chi connectivity index (χ1v) is 12.5. The Morgan fingerprint density at radius 3 is 1.79 bits per heavy atom. The highest BCUT2D eigenvalue weighted by Crippen LogP contribution is 2.41. The molecule has 30 heteroatoms. The van der Waals surface area contributed by atoms with E-state index in [1.165, 1.54) is 17.0 Å². The van der Waals surface area contributed by atoms with Crippen molar-refractivity contribution in [1.29, 1.82) is 0 Å². The molecule has 2 aromatic rings. The summed E-state index contributed by atoms with van der Waals surface area (Å²) in [5.41, 5.74) is 4.64. The zero-order valence-electron chi connectivity index (χ0n) is 24.3. The van der Waals surface area contributed by atoms with Gasteiger partial charge in [-0.3, -0.25) is 0 Å². The van der Waals surface area contributed by atoms with E-state index in [4.69, 9.17) is 55.4 Å². The Kier molecular flexibility index (Phi) is 31.6. The van der Waals surface area contributed by atoms with Crippen molar-refractivity contribution in [2.75, 3.05) is 12.3 Å². The quantitative estimate of drug-likeness (QED) is 0.106. The summed E-state index contributed by atoms with van der Waals surface area (Å²) in [5.74, 6) is 2.32. The number of hydrogen-bond donors (Lipinski definition) is 10. The van der Waals surface area contributed by atoms with E-state index in [1.54, 1.807) is 0 Å². The maximum atomic E-state index is 10.7. The second kappa shape index (κ2) is 22.4. The van der Waals surface area contributed by atoms with Crippen LogP contribution in [0.4, 0.5) is 5.82 Å². The van der Waals surface area contributed by atoms with Gasteiger partial charge < -0.3 is 122 Å². The number of nitrogens with zero attached hydrogens (tertiary/aromatic N) is 4. The van der Waals surface area contributed by atoms with Crippen LogP contribution in [0.25, 0.3) is 5.65 Å². The van der Waals surface area contributed by atoms with E-state index in [-0.39, 0.29) is 61.4 Å². The minimum atomic E-state index is -5.39. The number of quaternary nitrogens is 8. The van der Waals surface area contributed by atoms with Gasteiger partial charge in [0, 0.05) is 6.42 Å². The number of hydrogen-bond acceptors (Lipinski definition) is 18. The molecule has 1 fully saturated rings. The average molecular weight is 687 g/mol. The van der Waals surface area contributed by atoms with Gasteiger partial charge in [-0.25, -0.2) is 14.5 Å². The van der Waals surface area contributed by atoms with E-state index >= 15 is 0 Å². The Morgan fingerprint density at radius 1 is 0.976 bits per heavy atom. The van der Waals surface area contributed by atoms with Crippen molar-refractivity contribution in [1.82, 2.24) is 68.8 Å². The molecular formula is C12H44N13O14P3. The Morgan fingerprint density at radius 2 is 1.40 bits per heavy atom. The smallest absolute Gasteiger partial charge is 0.196 e. The van der Waals surface area contributed by atoms with Crippen molar-refractivity contribution in [3.63, 3.8) is 0 Å². The number of aliphatic hydroxyl groups excluding tert-OH is 1. The van der Waals surface area contributed by atoms with Crippen molar-refractivity contribution in [2.45, 2.75) is 24.2 Å². The molecule has 0 amide bonds. The Labute approximate surface area is 238 Å². The molecule has 3 rings (SSSR count). The van der Waals surface area contributed by atoms with Gasteiger partial charge in [0.2, 0.25) is 0 Å². The summed E-state index contributed by atoms with van der Waals surface area (Å²) in [7, 11) is -16.0. The van der Waals surface area contributed by atoms with Gasteiger partial charge in [0.05, 0.1) is 32.4 Å². The van der Waals surface area contributed by atoms with Crippen LogP contribution >= 0.6 is 23.5 Å². The van der Waals surface area contributed by atoms with Gasteiger partial charge in [-0.2, -0.15) is 20.7 Å². The number of terminal acetylenes is 1. The molecule has 0 aliphatic carbocycles. The van der Waals surface area contributed by atoms with E-state index in [1.807, 2.05) is 0 Å². The summed E-state index contributed by atoms with van der Waals surface area (Å²) in [4.78, 5) is 80.5. The number of rotatable bonds is 4. The fourth-order valence-electron chi connectivity index (χ4n) is 2.50. The van der Waals surface area contributed by atoms with Gasteiger partial charge in [-0.1, -0.05) is 5.92 Å². The standard InChI is InChI=1S/C12H14N5O6P.8H3N.2H3O4P/c1-2-12(5-22-24(19,20)21)9(18)3-8(23-12)7-4-14-11-10(13)15-6-16-17(7)11;;;;;;;;;2*1-5(2,3)4/h1,4,6,8-9,18H,3,5H2,(H2,13,15,16)(H2,19,20,21);8*1H3;2*(H3,1,2,3,4)/t8-,9+,12-;;;;;;;;;;/m1........../s1. The van der Waals surface area contributed by atoms with Gasteiger partial charge >= 0.3 is 0 Å². The lowest BCUT2D eigenvalue weighted by Gasteiger charge is -2.36. The SMILES string of the molecule is C#C[C@]1(COP(=O)([O-])[O-])O[C@@H](c2cnc3c(N)ncnn23)C[C@@H]1O.O=P([O-])([O-])[O-].O=P([O-])([O-])[O-].[NH4+].[NH4+].[NH4+].[NH4+].[NH4+].[NH4+].[NH4+].[NH4+]. The zero-order valence-corrected chi connectivity index (χ0v) is 26.9. The highest BCUT2D eigenvalue weighted by atomic mass is 31.2. The van der Waals surface area contributed by atoms with Crippen molar-refractivity contribution in [3.8, 4) is 12.3 Å².